The molecule has 1 aromatic rings. The Morgan fingerprint density at radius 1 is 1.26 bits per heavy atom. The van der Waals surface area contributed by atoms with Crippen molar-refractivity contribution in [3.8, 4) is 6.07 Å². The first-order valence-corrected chi connectivity index (χ1v) is 7.79. The largest absolute Gasteiger partial charge is 0.243 e. The van der Waals surface area contributed by atoms with Crippen molar-refractivity contribution < 1.29 is 8.42 Å². The van der Waals surface area contributed by atoms with E-state index < -0.39 is 10.0 Å². The Kier molecular flexibility index (Phi) is 3.66. The second-order valence-corrected chi connectivity index (χ2v) is 7.68. The van der Waals surface area contributed by atoms with E-state index in [-0.39, 0.29) is 10.3 Å². The molecule has 1 aliphatic heterocycles. The molecule has 4 nitrogen and oxygen atoms in total. The molecule has 0 aliphatic carbocycles. The summed E-state index contributed by atoms with van der Waals surface area (Å²) < 4.78 is 26.6. The Balaban J connectivity index is 2.29. The van der Waals surface area contributed by atoms with Gasteiger partial charge in [0.2, 0.25) is 10.0 Å². The summed E-state index contributed by atoms with van der Waals surface area (Å²) >= 11 is 0. The van der Waals surface area contributed by atoms with Crippen molar-refractivity contribution in [3.63, 3.8) is 0 Å². The van der Waals surface area contributed by atoms with Crippen LogP contribution in [0.4, 0.5) is 0 Å². The highest BCUT2D eigenvalue weighted by Gasteiger charge is 2.33. The average Bonchev–Trinajstić information content (AvgIpc) is 2.37. The van der Waals surface area contributed by atoms with Crippen molar-refractivity contribution in [2.75, 3.05) is 13.1 Å². The van der Waals surface area contributed by atoms with Gasteiger partial charge in [-0.25, -0.2) is 8.42 Å². The molecular formula is C14H18N2O2S. The van der Waals surface area contributed by atoms with Crippen LogP contribution in [0, 0.1) is 16.7 Å². The van der Waals surface area contributed by atoms with Crippen LogP contribution >= 0.6 is 0 Å². The van der Waals surface area contributed by atoms with Crippen molar-refractivity contribution in [1.29, 1.82) is 5.26 Å². The molecule has 0 amide bonds. The minimum absolute atomic E-state index is 0.0257. The number of nitriles is 1. The van der Waals surface area contributed by atoms with Gasteiger partial charge in [-0.1, -0.05) is 13.8 Å². The van der Waals surface area contributed by atoms with Crippen LogP contribution in [0.2, 0.25) is 0 Å². The molecule has 5 heteroatoms. The Labute approximate surface area is 114 Å². The lowest BCUT2D eigenvalue weighted by Crippen LogP contribution is -2.43. The molecule has 2 rings (SSSR count). The molecule has 0 unspecified atom stereocenters. The van der Waals surface area contributed by atoms with E-state index >= 15 is 0 Å². The van der Waals surface area contributed by atoms with E-state index in [1.54, 1.807) is 16.4 Å². The van der Waals surface area contributed by atoms with Crippen molar-refractivity contribution in [2.24, 2.45) is 5.41 Å². The van der Waals surface area contributed by atoms with Gasteiger partial charge in [-0.3, -0.25) is 0 Å². The van der Waals surface area contributed by atoms with Crippen LogP contribution < -0.4 is 0 Å². The van der Waals surface area contributed by atoms with Crippen LogP contribution in [0.15, 0.2) is 29.2 Å². The molecule has 0 radical (unpaired) electrons. The number of piperidine rings is 1. The molecule has 1 fully saturated rings. The smallest absolute Gasteiger partial charge is 0.207 e. The van der Waals surface area contributed by atoms with Crippen molar-refractivity contribution in [3.05, 3.63) is 29.8 Å². The predicted octanol–water partition coefficient (Wildman–Crippen LogP) is 2.37. The van der Waals surface area contributed by atoms with Gasteiger partial charge in [0.1, 0.15) is 0 Å². The summed E-state index contributed by atoms with van der Waals surface area (Å²) in [6.07, 6.45) is 1.94. The fourth-order valence-corrected chi connectivity index (χ4v) is 4.09. The zero-order valence-electron chi connectivity index (χ0n) is 11.3. The summed E-state index contributed by atoms with van der Waals surface area (Å²) in [6, 6.07) is 8.10. The third kappa shape index (κ3) is 2.96. The summed E-state index contributed by atoms with van der Waals surface area (Å²) in [5.74, 6) is 0. The lowest BCUT2D eigenvalue weighted by molar-refractivity contribution is 0.187. The Bertz CT molecular complexity index is 597. The molecule has 1 aromatic carbocycles. The first-order chi connectivity index (χ1) is 8.85. The van der Waals surface area contributed by atoms with E-state index in [0.717, 1.165) is 12.8 Å². The van der Waals surface area contributed by atoms with Gasteiger partial charge in [-0.05, 0) is 42.5 Å². The van der Waals surface area contributed by atoms with Crippen LogP contribution in [0.3, 0.4) is 0 Å². The number of nitrogens with zero attached hydrogens (tertiary/aromatic N) is 2. The number of benzene rings is 1. The third-order valence-corrected chi connectivity index (χ3v) is 5.35. The van der Waals surface area contributed by atoms with Gasteiger partial charge in [0.15, 0.2) is 0 Å². The first kappa shape index (κ1) is 14.0. The zero-order chi connectivity index (χ0) is 14.1. The standard InChI is InChI=1S/C14H18N2O2S/c1-14(2)8-3-9-16(11-14)19(17,18)13-6-4-12(10-15)5-7-13/h4-7H,3,8-9,11H2,1-2H3. The lowest BCUT2D eigenvalue weighted by atomic mass is 9.85. The molecule has 102 valence electrons. The summed E-state index contributed by atoms with van der Waals surface area (Å²) in [7, 11) is -3.43. The van der Waals surface area contributed by atoms with E-state index in [4.69, 9.17) is 5.26 Å². The van der Waals surface area contributed by atoms with Crippen molar-refractivity contribution >= 4 is 10.0 Å². The maximum absolute atomic E-state index is 12.5. The number of hydrogen-bond donors (Lipinski definition) is 0. The normalized spacial score (nSPS) is 19.8. The highest BCUT2D eigenvalue weighted by molar-refractivity contribution is 7.89. The summed E-state index contributed by atoms with van der Waals surface area (Å²) in [5, 5.41) is 8.74. The minimum atomic E-state index is -3.43. The molecule has 19 heavy (non-hydrogen) atoms. The summed E-state index contributed by atoms with van der Waals surface area (Å²) in [4.78, 5) is 0.268. The van der Waals surface area contributed by atoms with Gasteiger partial charge >= 0.3 is 0 Å². The Morgan fingerprint density at radius 3 is 2.42 bits per heavy atom. The fourth-order valence-electron chi connectivity index (χ4n) is 2.43. The summed E-state index contributed by atoms with van der Waals surface area (Å²) in [6.45, 7) is 5.31. The second kappa shape index (κ2) is 4.95. The lowest BCUT2D eigenvalue weighted by Gasteiger charge is -2.37. The molecule has 0 spiro atoms. The SMILES string of the molecule is CC1(C)CCCN(S(=O)(=O)c2ccc(C#N)cc2)C1. The quantitative estimate of drug-likeness (QED) is 0.834. The highest BCUT2D eigenvalue weighted by atomic mass is 32.2. The van der Waals surface area contributed by atoms with Gasteiger partial charge < -0.3 is 0 Å². The van der Waals surface area contributed by atoms with E-state index in [0.29, 0.717) is 18.7 Å². The van der Waals surface area contributed by atoms with Crippen molar-refractivity contribution in [1.82, 2.24) is 4.31 Å². The number of rotatable bonds is 2. The number of hydrogen-bond acceptors (Lipinski definition) is 3. The maximum Gasteiger partial charge on any atom is 0.243 e. The molecule has 1 saturated heterocycles. The molecule has 1 heterocycles. The Morgan fingerprint density at radius 2 is 1.89 bits per heavy atom. The second-order valence-electron chi connectivity index (χ2n) is 5.74. The van der Waals surface area contributed by atoms with E-state index in [2.05, 4.69) is 13.8 Å². The maximum atomic E-state index is 12.5. The fraction of sp³-hybridized carbons (Fsp3) is 0.500. The van der Waals surface area contributed by atoms with Crippen molar-refractivity contribution in [2.45, 2.75) is 31.6 Å². The van der Waals surface area contributed by atoms with Crippen LogP contribution in [-0.4, -0.2) is 25.8 Å². The van der Waals surface area contributed by atoms with Crippen LogP contribution in [-0.2, 0) is 10.0 Å². The Hall–Kier alpha value is -1.38. The molecule has 1 aliphatic rings. The molecule has 0 N–H and O–H groups in total. The topological polar surface area (TPSA) is 61.2 Å². The third-order valence-electron chi connectivity index (χ3n) is 3.49. The number of sulfonamides is 1. The molecule has 0 bridgehead atoms. The van der Waals surface area contributed by atoms with E-state index in [1.165, 1.54) is 12.1 Å². The minimum Gasteiger partial charge on any atom is -0.207 e. The van der Waals surface area contributed by atoms with Crippen LogP contribution in [0.1, 0.15) is 32.3 Å². The van der Waals surface area contributed by atoms with Crippen LogP contribution in [0.25, 0.3) is 0 Å². The average molecular weight is 278 g/mol. The van der Waals surface area contributed by atoms with Gasteiger partial charge in [0.25, 0.3) is 0 Å². The first-order valence-electron chi connectivity index (χ1n) is 6.35. The highest BCUT2D eigenvalue weighted by Crippen LogP contribution is 2.31. The predicted molar refractivity (Wildman–Crippen MR) is 72.9 cm³/mol. The molecular weight excluding hydrogens is 260 g/mol. The monoisotopic (exact) mass is 278 g/mol. The van der Waals surface area contributed by atoms with Crippen LogP contribution in [0.5, 0.6) is 0 Å². The molecule has 0 saturated carbocycles. The van der Waals surface area contributed by atoms with Gasteiger partial charge in [0, 0.05) is 13.1 Å². The van der Waals surface area contributed by atoms with Gasteiger partial charge in [0.05, 0.1) is 16.5 Å². The van der Waals surface area contributed by atoms with Gasteiger partial charge in [-0.15, -0.1) is 0 Å². The van der Waals surface area contributed by atoms with E-state index in [1.807, 2.05) is 6.07 Å². The summed E-state index contributed by atoms with van der Waals surface area (Å²) in [5.41, 5.74) is 0.496. The molecule has 0 atom stereocenters. The zero-order valence-corrected chi connectivity index (χ0v) is 12.1. The molecule has 0 aromatic heterocycles. The van der Waals surface area contributed by atoms with E-state index in [9.17, 15) is 8.42 Å². The van der Waals surface area contributed by atoms with Gasteiger partial charge in [-0.2, -0.15) is 9.57 Å².